The summed E-state index contributed by atoms with van der Waals surface area (Å²) in [5.74, 6) is 0. The average Bonchev–Trinajstić information content (AvgIpc) is 2.52. The first-order valence-electron chi connectivity index (χ1n) is 6.45. The van der Waals surface area contributed by atoms with Gasteiger partial charge in [0, 0.05) is 45.2 Å². The van der Waals surface area contributed by atoms with Crippen LogP contribution in [0.4, 0.5) is 5.69 Å². The summed E-state index contributed by atoms with van der Waals surface area (Å²) in [5.41, 5.74) is 1.13. The molecule has 21 heavy (non-hydrogen) atoms. The van der Waals surface area contributed by atoms with Crippen molar-refractivity contribution in [1.82, 2.24) is 0 Å². The van der Waals surface area contributed by atoms with Crippen LogP contribution < -0.4 is 0 Å². The molecule has 0 aliphatic heterocycles. The third-order valence-electron chi connectivity index (χ3n) is 3.27. The van der Waals surface area contributed by atoms with Crippen molar-refractivity contribution in [2.24, 2.45) is 0 Å². The van der Waals surface area contributed by atoms with Crippen LogP contribution in [0.25, 0.3) is 0 Å². The lowest BCUT2D eigenvalue weighted by Gasteiger charge is -2.24. The highest BCUT2D eigenvalue weighted by Crippen LogP contribution is 2.19. The smallest absolute Gasteiger partial charge is 0.377 e. The van der Waals surface area contributed by atoms with E-state index in [4.69, 9.17) is 18.7 Å². The minimum Gasteiger partial charge on any atom is -0.377 e. The number of non-ortho nitro benzene ring substituents is 1. The molecule has 1 rings (SSSR count). The zero-order chi connectivity index (χ0) is 15.9. The van der Waals surface area contributed by atoms with Crippen molar-refractivity contribution in [3.63, 3.8) is 0 Å². The van der Waals surface area contributed by atoms with Gasteiger partial charge in [-0.05, 0) is 30.5 Å². The Hall–Kier alpha value is -1.61. The van der Waals surface area contributed by atoms with Gasteiger partial charge in [0.2, 0.25) is 0 Å². The van der Waals surface area contributed by atoms with Gasteiger partial charge in [-0.3, -0.25) is 10.1 Å². The number of nitro benzene ring substituents is 1. The zero-order valence-electron chi connectivity index (χ0n) is 12.4. The summed E-state index contributed by atoms with van der Waals surface area (Å²) >= 11 is 0. The van der Waals surface area contributed by atoms with Gasteiger partial charge in [0.05, 0.1) is 4.92 Å². The molecule has 0 unspecified atom stereocenters. The monoisotopic (exact) mass is 312 g/mol. The highest BCUT2D eigenvalue weighted by molar-refractivity contribution is 6.60. The SMILES string of the molecule is CO[Si](CCCC(=N)c1ccc([N+](=O)[O-])cc1)(OC)OC. The Labute approximate surface area is 124 Å². The highest BCUT2D eigenvalue weighted by atomic mass is 28.4. The minimum atomic E-state index is -2.60. The standard InChI is InChI=1S/C13H20N2O5Si/c1-18-21(19-2,20-3)10-4-5-13(14)11-6-8-12(9-7-11)15(16)17/h6-9,14H,4-5,10H2,1-3H3. The van der Waals surface area contributed by atoms with E-state index in [-0.39, 0.29) is 5.69 Å². The Morgan fingerprint density at radius 2 is 1.71 bits per heavy atom. The fraction of sp³-hybridized carbons (Fsp3) is 0.462. The summed E-state index contributed by atoms with van der Waals surface area (Å²) in [5, 5.41) is 18.6. The van der Waals surface area contributed by atoms with Crippen LogP contribution in [0.5, 0.6) is 0 Å². The second-order valence-corrected chi connectivity index (χ2v) is 7.52. The van der Waals surface area contributed by atoms with Gasteiger partial charge in [-0.1, -0.05) is 0 Å². The van der Waals surface area contributed by atoms with Gasteiger partial charge in [0.25, 0.3) is 5.69 Å². The highest BCUT2D eigenvalue weighted by Gasteiger charge is 2.36. The van der Waals surface area contributed by atoms with Crippen molar-refractivity contribution in [3.8, 4) is 0 Å². The van der Waals surface area contributed by atoms with E-state index in [1.165, 1.54) is 12.1 Å². The van der Waals surface area contributed by atoms with Gasteiger partial charge in [-0.25, -0.2) is 0 Å². The minimum absolute atomic E-state index is 0.0242. The van der Waals surface area contributed by atoms with Gasteiger partial charge in [0.1, 0.15) is 0 Å². The molecule has 0 fully saturated rings. The molecule has 1 aromatic carbocycles. The van der Waals surface area contributed by atoms with E-state index < -0.39 is 13.7 Å². The Balaban J connectivity index is 2.56. The molecule has 8 heteroatoms. The third-order valence-corrected chi connectivity index (χ3v) is 6.10. The fourth-order valence-corrected chi connectivity index (χ4v) is 3.69. The van der Waals surface area contributed by atoms with E-state index in [1.54, 1.807) is 33.5 Å². The predicted octanol–water partition coefficient (Wildman–Crippen LogP) is 2.62. The summed E-state index contributed by atoms with van der Waals surface area (Å²) in [4.78, 5) is 10.1. The molecule has 0 saturated heterocycles. The van der Waals surface area contributed by atoms with Crippen molar-refractivity contribution in [3.05, 3.63) is 39.9 Å². The average molecular weight is 312 g/mol. The van der Waals surface area contributed by atoms with Gasteiger partial charge in [-0.15, -0.1) is 0 Å². The molecule has 0 amide bonds. The van der Waals surface area contributed by atoms with Gasteiger partial charge >= 0.3 is 8.80 Å². The molecule has 0 radical (unpaired) electrons. The normalized spacial score (nSPS) is 11.4. The van der Waals surface area contributed by atoms with E-state index in [1.807, 2.05) is 0 Å². The number of nitrogens with one attached hydrogen (secondary N) is 1. The van der Waals surface area contributed by atoms with Crippen LogP contribution in [0.2, 0.25) is 6.04 Å². The molecular weight excluding hydrogens is 292 g/mol. The summed E-state index contributed by atoms with van der Waals surface area (Å²) in [7, 11) is 2.07. The van der Waals surface area contributed by atoms with Crippen LogP contribution in [-0.2, 0) is 13.3 Å². The van der Waals surface area contributed by atoms with Gasteiger partial charge in [-0.2, -0.15) is 0 Å². The first-order valence-corrected chi connectivity index (χ1v) is 8.39. The lowest BCUT2D eigenvalue weighted by Crippen LogP contribution is -2.42. The number of nitrogens with zero attached hydrogens (tertiary/aromatic N) is 1. The lowest BCUT2D eigenvalue weighted by molar-refractivity contribution is -0.384. The second-order valence-electron chi connectivity index (χ2n) is 4.43. The molecular formula is C13H20N2O5Si. The number of hydrogen-bond donors (Lipinski definition) is 1. The largest absolute Gasteiger partial charge is 0.500 e. The van der Waals surface area contributed by atoms with E-state index in [0.717, 1.165) is 0 Å². The number of rotatable bonds is 9. The summed E-state index contributed by atoms with van der Waals surface area (Å²) < 4.78 is 15.9. The Morgan fingerprint density at radius 1 is 1.19 bits per heavy atom. The van der Waals surface area contributed by atoms with Crippen molar-refractivity contribution in [1.29, 1.82) is 5.41 Å². The topological polar surface area (TPSA) is 94.7 Å². The Kier molecular flexibility index (Phi) is 6.63. The summed E-state index contributed by atoms with van der Waals surface area (Å²) in [6.45, 7) is 0. The third kappa shape index (κ3) is 4.71. The van der Waals surface area contributed by atoms with E-state index >= 15 is 0 Å². The maximum atomic E-state index is 10.6. The predicted molar refractivity (Wildman–Crippen MR) is 80.7 cm³/mol. The molecule has 0 aliphatic carbocycles. The number of nitro groups is 1. The van der Waals surface area contributed by atoms with Crippen LogP contribution in [0.3, 0.4) is 0 Å². The van der Waals surface area contributed by atoms with E-state index in [9.17, 15) is 10.1 Å². The molecule has 0 aliphatic rings. The van der Waals surface area contributed by atoms with Crippen LogP contribution >= 0.6 is 0 Å². The van der Waals surface area contributed by atoms with Crippen molar-refractivity contribution in [2.75, 3.05) is 21.3 Å². The zero-order valence-corrected chi connectivity index (χ0v) is 13.4. The van der Waals surface area contributed by atoms with Gasteiger partial charge in [0.15, 0.2) is 0 Å². The lowest BCUT2D eigenvalue weighted by atomic mass is 10.1. The molecule has 116 valence electrons. The maximum Gasteiger partial charge on any atom is 0.500 e. The quantitative estimate of drug-likeness (QED) is 0.327. The molecule has 1 N–H and O–H groups in total. The van der Waals surface area contributed by atoms with Crippen molar-refractivity contribution < 1.29 is 18.2 Å². The number of hydrogen-bond acceptors (Lipinski definition) is 6. The molecule has 7 nitrogen and oxygen atoms in total. The molecule has 0 bridgehead atoms. The maximum absolute atomic E-state index is 10.6. The molecule has 0 aromatic heterocycles. The van der Waals surface area contributed by atoms with E-state index in [0.29, 0.717) is 30.2 Å². The van der Waals surface area contributed by atoms with Crippen LogP contribution in [-0.4, -0.2) is 40.8 Å². The van der Waals surface area contributed by atoms with Gasteiger partial charge < -0.3 is 18.7 Å². The molecule has 1 aromatic rings. The number of benzene rings is 1. The van der Waals surface area contributed by atoms with Crippen molar-refractivity contribution >= 4 is 20.2 Å². The summed E-state index contributed by atoms with van der Waals surface area (Å²) in [6, 6.07) is 6.61. The van der Waals surface area contributed by atoms with E-state index in [2.05, 4.69) is 0 Å². The van der Waals surface area contributed by atoms with Crippen LogP contribution in [0.15, 0.2) is 24.3 Å². The van der Waals surface area contributed by atoms with Crippen molar-refractivity contribution in [2.45, 2.75) is 18.9 Å². The Morgan fingerprint density at radius 3 is 2.14 bits per heavy atom. The Bertz CT molecular complexity index is 480. The first kappa shape index (κ1) is 17.4. The first-order chi connectivity index (χ1) is 9.98. The summed E-state index contributed by atoms with van der Waals surface area (Å²) in [6.07, 6.45) is 1.22. The molecule has 0 atom stereocenters. The molecule has 0 heterocycles. The molecule has 0 saturated carbocycles. The van der Waals surface area contributed by atoms with Crippen LogP contribution in [0, 0.1) is 15.5 Å². The fourth-order valence-electron chi connectivity index (χ4n) is 1.97. The molecule has 0 spiro atoms. The second kappa shape index (κ2) is 7.98. The van der Waals surface area contributed by atoms with Crippen LogP contribution in [0.1, 0.15) is 18.4 Å².